The van der Waals surface area contributed by atoms with E-state index in [1.54, 1.807) is 17.0 Å². The molecule has 0 radical (unpaired) electrons. The molecule has 2 atom stereocenters. The molecular weight excluding hydrogens is 470 g/mol. The van der Waals surface area contributed by atoms with Crippen LogP contribution >= 0.6 is 0 Å². The average Bonchev–Trinajstić information content (AvgIpc) is 3.40. The molecule has 2 fully saturated rings. The molecular formula is C29H35N3O5. The zero-order chi connectivity index (χ0) is 26.1. The molecule has 0 aromatic heterocycles. The largest absolute Gasteiger partial charge is 0.872 e. The summed E-state index contributed by atoms with van der Waals surface area (Å²) in [6, 6.07) is 12.3. The number of morpholine rings is 1. The highest BCUT2D eigenvalue weighted by atomic mass is 16.5. The Morgan fingerprint density at radius 3 is 2.54 bits per heavy atom. The number of benzene rings is 2. The Balaban J connectivity index is 1.49. The van der Waals surface area contributed by atoms with Gasteiger partial charge in [0.05, 0.1) is 25.8 Å². The lowest BCUT2D eigenvalue weighted by Gasteiger charge is -2.29. The second-order valence-corrected chi connectivity index (χ2v) is 10.4. The Kier molecular flexibility index (Phi) is 7.22. The summed E-state index contributed by atoms with van der Waals surface area (Å²) in [5.41, 5.74) is 3.18. The number of ether oxygens (including phenoxy) is 2. The number of hydrogen-bond acceptors (Lipinski definition) is 6. The molecule has 0 spiro atoms. The Bertz CT molecular complexity index is 1200. The first-order valence-corrected chi connectivity index (χ1v) is 13.1. The standard InChI is InChI=1S/C29H35N3O5/c1-19-17-22-18-21(7-10-24(22)37-19)27(33)25-26(20-5-8-23(9-6-20)30(2)3)32(29(35)28(25)34)12-4-11-31-13-15-36-16-14-31/h5-10,18-19,26,33H,4,11-17H2,1-3H3/b27-25+. The number of quaternary nitrogens is 1. The van der Waals surface area contributed by atoms with Crippen LogP contribution in [0.4, 0.5) is 5.69 Å². The summed E-state index contributed by atoms with van der Waals surface area (Å²) in [7, 11) is 3.91. The SMILES string of the molecule is CC1Cc2cc(/C([O-])=C3\C(=O)C(=O)N(CCC[NH+]4CCOCC4)C3c3ccc(N(C)C)cc3)ccc2O1. The fraction of sp³-hybridized carbons (Fsp3) is 0.448. The molecule has 1 N–H and O–H groups in total. The van der Waals surface area contributed by atoms with Crippen molar-refractivity contribution in [1.29, 1.82) is 0 Å². The molecule has 3 aliphatic heterocycles. The van der Waals surface area contributed by atoms with E-state index in [4.69, 9.17) is 9.47 Å². The van der Waals surface area contributed by atoms with Gasteiger partial charge >= 0.3 is 0 Å². The quantitative estimate of drug-likeness (QED) is 0.337. The van der Waals surface area contributed by atoms with Crippen molar-refractivity contribution in [2.75, 3.05) is 58.4 Å². The van der Waals surface area contributed by atoms with Crippen molar-refractivity contribution >= 4 is 23.1 Å². The predicted molar refractivity (Wildman–Crippen MR) is 138 cm³/mol. The molecule has 2 aromatic carbocycles. The van der Waals surface area contributed by atoms with Gasteiger partial charge in [0, 0.05) is 44.7 Å². The topological polar surface area (TPSA) is 86.6 Å². The molecule has 1 amide bonds. The lowest BCUT2D eigenvalue weighted by Crippen LogP contribution is -3.14. The number of nitrogens with one attached hydrogen (secondary N) is 1. The predicted octanol–water partition coefficient (Wildman–Crippen LogP) is 0.605. The number of carbonyl (C=O) groups is 2. The normalized spacial score (nSPS) is 23.3. The monoisotopic (exact) mass is 505 g/mol. The molecule has 3 heterocycles. The fourth-order valence-electron chi connectivity index (χ4n) is 5.53. The summed E-state index contributed by atoms with van der Waals surface area (Å²) >= 11 is 0. The van der Waals surface area contributed by atoms with Gasteiger partial charge in [-0.2, -0.15) is 0 Å². The summed E-state index contributed by atoms with van der Waals surface area (Å²) in [5.74, 6) is -0.912. The van der Waals surface area contributed by atoms with Gasteiger partial charge in [0.15, 0.2) is 0 Å². The van der Waals surface area contributed by atoms with Crippen LogP contribution in [0, 0.1) is 0 Å². The van der Waals surface area contributed by atoms with E-state index in [1.807, 2.05) is 56.3 Å². The van der Waals surface area contributed by atoms with Crippen molar-refractivity contribution in [1.82, 2.24) is 4.90 Å². The first-order valence-electron chi connectivity index (χ1n) is 13.1. The van der Waals surface area contributed by atoms with Crippen LogP contribution in [0.3, 0.4) is 0 Å². The second kappa shape index (κ2) is 10.6. The molecule has 2 unspecified atom stereocenters. The van der Waals surface area contributed by atoms with Gasteiger partial charge in [0.1, 0.15) is 24.9 Å². The van der Waals surface area contributed by atoms with Crippen LogP contribution in [0.15, 0.2) is 48.0 Å². The average molecular weight is 506 g/mol. The number of anilines is 1. The molecule has 0 aliphatic carbocycles. The fourth-order valence-corrected chi connectivity index (χ4v) is 5.53. The third kappa shape index (κ3) is 5.08. The summed E-state index contributed by atoms with van der Waals surface area (Å²) in [6.07, 6.45) is 1.51. The molecule has 8 nitrogen and oxygen atoms in total. The first kappa shape index (κ1) is 25.3. The smallest absolute Gasteiger partial charge is 0.295 e. The second-order valence-electron chi connectivity index (χ2n) is 10.4. The summed E-state index contributed by atoms with van der Waals surface area (Å²) < 4.78 is 11.2. The van der Waals surface area contributed by atoms with E-state index in [0.717, 1.165) is 61.8 Å². The van der Waals surface area contributed by atoms with Gasteiger partial charge in [0.2, 0.25) is 5.78 Å². The van der Waals surface area contributed by atoms with Gasteiger partial charge in [-0.05, 0) is 47.9 Å². The molecule has 0 saturated carbocycles. The molecule has 37 heavy (non-hydrogen) atoms. The van der Waals surface area contributed by atoms with Crippen molar-refractivity contribution in [2.45, 2.75) is 31.9 Å². The number of likely N-dealkylation sites (tertiary alicyclic amines) is 1. The third-order valence-corrected chi connectivity index (χ3v) is 7.54. The maximum absolute atomic E-state index is 13.8. The van der Waals surface area contributed by atoms with E-state index in [-0.39, 0.29) is 17.4 Å². The Hall–Kier alpha value is -3.36. The van der Waals surface area contributed by atoms with Crippen molar-refractivity contribution in [3.63, 3.8) is 0 Å². The van der Waals surface area contributed by atoms with Gasteiger partial charge in [-0.3, -0.25) is 9.59 Å². The number of rotatable bonds is 7. The minimum atomic E-state index is -0.702. The van der Waals surface area contributed by atoms with Gasteiger partial charge in [-0.15, -0.1) is 0 Å². The van der Waals surface area contributed by atoms with Crippen LogP contribution in [0.25, 0.3) is 5.76 Å². The van der Waals surface area contributed by atoms with Crippen LogP contribution in [0.2, 0.25) is 0 Å². The van der Waals surface area contributed by atoms with E-state index in [2.05, 4.69) is 0 Å². The molecule has 2 saturated heterocycles. The minimum absolute atomic E-state index is 0.0354. The zero-order valence-corrected chi connectivity index (χ0v) is 21.8. The Morgan fingerprint density at radius 2 is 1.84 bits per heavy atom. The van der Waals surface area contributed by atoms with Crippen LogP contribution in [-0.4, -0.2) is 76.2 Å². The number of ketones is 1. The third-order valence-electron chi connectivity index (χ3n) is 7.54. The highest BCUT2D eigenvalue weighted by molar-refractivity contribution is 6.46. The van der Waals surface area contributed by atoms with E-state index >= 15 is 0 Å². The summed E-state index contributed by atoms with van der Waals surface area (Å²) in [5, 5.41) is 13.8. The van der Waals surface area contributed by atoms with Crippen LogP contribution in [0.1, 0.15) is 36.1 Å². The van der Waals surface area contributed by atoms with Gasteiger partial charge in [-0.1, -0.05) is 24.0 Å². The maximum Gasteiger partial charge on any atom is 0.295 e. The Labute approximate surface area is 218 Å². The Morgan fingerprint density at radius 1 is 1.11 bits per heavy atom. The number of hydrogen-bond donors (Lipinski definition) is 1. The number of nitrogens with zero attached hydrogens (tertiary/aromatic N) is 2. The van der Waals surface area contributed by atoms with Crippen molar-refractivity contribution in [2.24, 2.45) is 0 Å². The summed E-state index contributed by atoms with van der Waals surface area (Å²) in [6.45, 7) is 6.67. The van der Waals surface area contributed by atoms with Crippen molar-refractivity contribution in [3.05, 3.63) is 64.7 Å². The first-order chi connectivity index (χ1) is 17.8. The molecule has 196 valence electrons. The van der Waals surface area contributed by atoms with Crippen molar-refractivity contribution in [3.8, 4) is 5.75 Å². The molecule has 2 aromatic rings. The van der Waals surface area contributed by atoms with E-state index in [9.17, 15) is 14.7 Å². The number of amides is 1. The van der Waals surface area contributed by atoms with Gasteiger partial charge < -0.3 is 29.3 Å². The van der Waals surface area contributed by atoms with E-state index < -0.39 is 17.7 Å². The van der Waals surface area contributed by atoms with Crippen molar-refractivity contribution < 1.29 is 29.1 Å². The lowest BCUT2D eigenvalue weighted by molar-refractivity contribution is -0.908. The lowest BCUT2D eigenvalue weighted by atomic mass is 9.94. The maximum atomic E-state index is 13.8. The van der Waals surface area contributed by atoms with Crippen LogP contribution in [0.5, 0.6) is 5.75 Å². The summed E-state index contributed by atoms with van der Waals surface area (Å²) in [4.78, 5) is 31.6. The van der Waals surface area contributed by atoms with E-state index in [1.165, 1.54) is 4.90 Å². The molecule has 5 rings (SSSR count). The number of carbonyl (C=O) groups excluding carboxylic acids is 2. The van der Waals surface area contributed by atoms with Gasteiger partial charge in [0.25, 0.3) is 5.91 Å². The highest BCUT2D eigenvalue weighted by Gasteiger charge is 2.44. The molecule has 8 heteroatoms. The van der Waals surface area contributed by atoms with Crippen LogP contribution in [-0.2, 0) is 20.7 Å². The number of Topliss-reactive ketones (excluding diaryl/α,β-unsaturated/α-hetero) is 1. The number of fused-ring (bicyclic) bond motifs is 1. The molecule has 3 aliphatic rings. The van der Waals surface area contributed by atoms with Crippen LogP contribution < -0.4 is 19.6 Å². The zero-order valence-electron chi connectivity index (χ0n) is 21.8. The van der Waals surface area contributed by atoms with E-state index in [0.29, 0.717) is 18.5 Å². The minimum Gasteiger partial charge on any atom is -0.872 e. The van der Waals surface area contributed by atoms with Gasteiger partial charge in [-0.25, -0.2) is 0 Å². The molecule has 0 bridgehead atoms. The highest BCUT2D eigenvalue weighted by Crippen LogP contribution is 2.40.